The highest BCUT2D eigenvalue weighted by Gasteiger charge is 2.23. The van der Waals surface area contributed by atoms with Crippen LogP contribution in [0.4, 0.5) is 0 Å². The van der Waals surface area contributed by atoms with Crippen LogP contribution < -0.4 is 10.6 Å². The molecular weight excluding hydrogens is 260 g/mol. The normalized spacial score (nSPS) is 25.1. The molecule has 2 aliphatic rings. The Bertz CT molecular complexity index is 485. The summed E-state index contributed by atoms with van der Waals surface area (Å²) >= 11 is 0. The molecule has 2 rings (SSSR count). The maximum Gasteiger partial charge on any atom is 0.139 e. The van der Waals surface area contributed by atoms with Crippen molar-refractivity contribution in [3.8, 4) is 0 Å². The predicted octanol–water partition coefficient (Wildman–Crippen LogP) is 2.77. The van der Waals surface area contributed by atoms with Gasteiger partial charge in [-0.15, -0.1) is 0 Å². The van der Waals surface area contributed by atoms with E-state index in [9.17, 15) is 0 Å². The molecule has 1 atom stereocenters. The molecular formula is C17H28N4. The smallest absolute Gasteiger partial charge is 0.139 e. The lowest BCUT2D eigenvalue weighted by Crippen LogP contribution is -2.48. The van der Waals surface area contributed by atoms with Crippen molar-refractivity contribution in [1.82, 2.24) is 15.5 Å². The highest BCUT2D eigenvalue weighted by Crippen LogP contribution is 2.26. The first kappa shape index (κ1) is 15.8. The number of hydrogen-bond donors (Lipinski definition) is 2. The van der Waals surface area contributed by atoms with Gasteiger partial charge in [-0.3, -0.25) is 0 Å². The average Bonchev–Trinajstić information content (AvgIpc) is 2.89. The van der Waals surface area contributed by atoms with Crippen LogP contribution in [0.1, 0.15) is 40.5 Å². The Kier molecular flexibility index (Phi) is 5.62. The quantitative estimate of drug-likeness (QED) is 0.835. The molecule has 0 spiro atoms. The number of nitrogens with zero attached hydrogens (tertiary/aromatic N) is 2. The molecule has 21 heavy (non-hydrogen) atoms. The maximum absolute atomic E-state index is 4.57. The molecule has 116 valence electrons. The first-order chi connectivity index (χ1) is 10.2. The number of allylic oxidation sites excluding steroid dienone is 2. The topological polar surface area (TPSA) is 39.7 Å². The second kappa shape index (κ2) is 7.46. The zero-order valence-corrected chi connectivity index (χ0v) is 13.7. The van der Waals surface area contributed by atoms with Crippen LogP contribution in [0.15, 0.2) is 40.3 Å². The molecule has 0 aliphatic carbocycles. The SMILES string of the molecule is CC/C=C/NC1=NC=C(CC)/C1=C(/C)N1CCNC(C)C1. The van der Waals surface area contributed by atoms with Crippen LogP contribution in [0.5, 0.6) is 0 Å². The lowest BCUT2D eigenvalue weighted by molar-refractivity contribution is 0.255. The molecule has 1 saturated heterocycles. The molecule has 0 amide bonds. The average molecular weight is 288 g/mol. The third-order valence-corrected chi connectivity index (χ3v) is 4.07. The van der Waals surface area contributed by atoms with Crippen molar-refractivity contribution in [1.29, 1.82) is 0 Å². The van der Waals surface area contributed by atoms with E-state index >= 15 is 0 Å². The van der Waals surface area contributed by atoms with Crippen LogP contribution in [0.2, 0.25) is 0 Å². The summed E-state index contributed by atoms with van der Waals surface area (Å²) in [5.41, 5.74) is 3.95. The molecule has 0 aromatic carbocycles. The monoisotopic (exact) mass is 288 g/mol. The van der Waals surface area contributed by atoms with Crippen molar-refractivity contribution in [3.63, 3.8) is 0 Å². The van der Waals surface area contributed by atoms with Gasteiger partial charge in [-0.2, -0.15) is 0 Å². The van der Waals surface area contributed by atoms with E-state index in [0.717, 1.165) is 38.3 Å². The van der Waals surface area contributed by atoms with Gasteiger partial charge in [0.1, 0.15) is 5.84 Å². The van der Waals surface area contributed by atoms with E-state index in [-0.39, 0.29) is 0 Å². The maximum atomic E-state index is 4.57. The number of piperazine rings is 1. The van der Waals surface area contributed by atoms with Crippen LogP contribution in [0.25, 0.3) is 0 Å². The van der Waals surface area contributed by atoms with Gasteiger partial charge in [0, 0.05) is 43.1 Å². The highest BCUT2D eigenvalue weighted by atomic mass is 15.2. The van der Waals surface area contributed by atoms with Gasteiger partial charge in [-0.1, -0.05) is 19.9 Å². The van der Waals surface area contributed by atoms with Gasteiger partial charge in [0.05, 0.1) is 0 Å². The summed E-state index contributed by atoms with van der Waals surface area (Å²) < 4.78 is 0. The second-order valence-corrected chi connectivity index (χ2v) is 5.70. The van der Waals surface area contributed by atoms with Crippen molar-refractivity contribution in [2.24, 2.45) is 4.99 Å². The first-order valence-electron chi connectivity index (χ1n) is 8.05. The molecule has 2 heterocycles. The number of amidine groups is 1. The highest BCUT2D eigenvalue weighted by molar-refractivity contribution is 6.05. The molecule has 0 aromatic rings. The second-order valence-electron chi connectivity index (χ2n) is 5.70. The fraction of sp³-hybridized carbons (Fsp3) is 0.588. The Morgan fingerprint density at radius 1 is 1.52 bits per heavy atom. The standard InChI is InChI=1S/C17H28N4/c1-5-7-8-19-17-16(15(6-2)11-20-17)14(4)21-10-9-18-13(3)12-21/h7-8,11,13,18H,5-6,9-10,12H2,1-4H3,(H,19,20)/b8-7+,16-14+. The summed E-state index contributed by atoms with van der Waals surface area (Å²) in [7, 11) is 0. The zero-order valence-electron chi connectivity index (χ0n) is 13.7. The minimum Gasteiger partial charge on any atom is -0.372 e. The molecule has 0 saturated carbocycles. The fourth-order valence-electron chi connectivity index (χ4n) is 2.86. The van der Waals surface area contributed by atoms with Crippen LogP contribution in [0.3, 0.4) is 0 Å². The van der Waals surface area contributed by atoms with Crippen LogP contribution in [0, 0.1) is 0 Å². The molecule has 0 aromatic heterocycles. The number of aliphatic imine (C=N–C) groups is 1. The van der Waals surface area contributed by atoms with Gasteiger partial charge in [0.2, 0.25) is 0 Å². The number of nitrogens with one attached hydrogen (secondary N) is 2. The van der Waals surface area contributed by atoms with E-state index in [4.69, 9.17) is 0 Å². The van der Waals surface area contributed by atoms with Crippen molar-refractivity contribution in [3.05, 3.63) is 35.3 Å². The summed E-state index contributed by atoms with van der Waals surface area (Å²) in [6, 6.07) is 0.540. The van der Waals surface area contributed by atoms with E-state index in [0.29, 0.717) is 6.04 Å². The zero-order chi connectivity index (χ0) is 15.2. The summed E-state index contributed by atoms with van der Waals surface area (Å²) in [4.78, 5) is 7.05. The summed E-state index contributed by atoms with van der Waals surface area (Å²) in [5.74, 6) is 0.986. The minimum absolute atomic E-state index is 0.540. The molecule has 1 fully saturated rings. The molecule has 0 bridgehead atoms. The van der Waals surface area contributed by atoms with Crippen molar-refractivity contribution in [2.75, 3.05) is 19.6 Å². The Morgan fingerprint density at radius 3 is 3.00 bits per heavy atom. The first-order valence-corrected chi connectivity index (χ1v) is 8.05. The molecule has 0 radical (unpaired) electrons. The molecule has 2 N–H and O–H groups in total. The van der Waals surface area contributed by atoms with Gasteiger partial charge in [-0.05, 0) is 38.5 Å². The third kappa shape index (κ3) is 3.76. The third-order valence-electron chi connectivity index (χ3n) is 4.07. The van der Waals surface area contributed by atoms with E-state index in [1.54, 1.807) is 0 Å². The lowest BCUT2D eigenvalue weighted by Gasteiger charge is -2.35. The molecule has 2 aliphatic heterocycles. The van der Waals surface area contributed by atoms with Gasteiger partial charge in [0.15, 0.2) is 0 Å². The molecule has 1 unspecified atom stereocenters. The van der Waals surface area contributed by atoms with Gasteiger partial charge < -0.3 is 15.5 Å². The van der Waals surface area contributed by atoms with Crippen molar-refractivity contribution < 1.29 is 0 Å². The van der Waals surface area contributed by atoms with Crippen LogP contribution in [-0.4, -0.2) is 36.4 Å². The van der Waals surface area contributed by atoms with Crippen molar-refractivity contribution >= 4 is 5.84 Å². The fourth-order valence-corrected chi connectivity index (χ4v) is 2.86. The molecule has 4 heteroatoms. The molecule has 4 nitrogen and oxygen atoms in total. The van der Waals surface area contributed by atoms with Gasteiger partial charge >= 0.3 is 0 Å². The Balaban J connectivity index is 2.21. The largest absolute Gasteiger partial charge is 0.372 e. The summed E-state index contributed by atoms with van der Waals surface area (Å²) in [6.45, 7) is 12.0. The van der Waals surface area contributed by atoms with Crippen molar-refractivity contribution in [2.45, 2.75) is 46.6 Å². The predicted molar refractivity (Wildman–Crippen MR) is 90.1 cm³/mol. The number of hydrogen-bond acceptors (Lipinski definition) is 4. The van der Waals surface area contributed by atoms with E-state index in [2.05, 4.69) is 54.3 Å². The van der Waals surface area contributed by atoms with E-state index < -0.39 is 0 Å². The Hall–Kier alpha value is -1.55. The van der Waals surface area contributed by atoms with Gasteiger partial charge in [0.25, 0.3) is 0 Å². The van der Waals surface area contributed by atoms with Crippen LogP contribution in [-0.2, 0) is 0 Å². The van der Waals surface area contributed by atoms with Crippen LogP contribution >= 0.6 is 0 Å². The lowest BCUT2D eigenvalue weighted by atomic mass is 10.0. The minimum atomic E-state index is 0.540. The van der Waals surface area contributed by atoms with Gasteiger partial charge in [-0.25, -0.2) is 4.99 Å². The van der Waals surface area contributed by atoms with E-state index in [1.807, 2.05) is 12.4 Å². The Labute approximate surface area is 128 Å². The van der Waals surface area contributed by atoms with E-state index in [1.165, 1.54) is 16.8 Å². The number of rotatable bonds is 4. The summed E-state index contributed by atoms with van der Waals surface area (Å²) in [5, 5.41) is 6.85. The summed E-state index contributed by atoms with van der Waals surface area (Å²) in [6.07, 6.45) is 8.17. The Morgan fingerprint density at radius 2 is 2.33 bits per heavy atom.